The maximum absolute atomic E-state index is 11.2. The van der Waals surface area contributed by atoms with Gasteiger partial charge in [0.2, 0.25) is 5.91 Å². The first-order chi connectivity index (χ1) is 8.75. The van der Waals surface area contributed by atoms with Crippen molar-refractivity contribution >= 4 is 16.8 Å². The summed E-state index contributed by atoms with van der Waals surface area (Å²) in [4.78, 5) is 11.2. The van der Waals surface area contributed by atoms with Gasteiger partial charge < -0.3 is 10.3 Å². The summed E-state index contributed by atoms with van der Waals surface area (Å²) >= 11 is 0. The Kier molecular flexibility index (Phi) is 2.38. The number of carbonyl (C=O) groups excluding carboxylic acids is 1. The number of hydrogen-bond acceptors (Lipinski definition) is 1. The van der Waals surface area contributed by atoms with E-state index in [1.54, 1.807) is 12.1 Å². The molecule has 0 aliphatic carbocycles. The van der Waals surface area contributed by atoms with E-state index < -0.39 is 5.91 Å². The van der Waals surface area contributed by atoms with Crippen LogP contribution < -0.4 is 5.73 Å². The molecule has 0 fully saturated rings. The van der Waals surface area contributed by atoms with Crippen molar-refractivity contribution in [3.63, 3.8) is 0 Å². The Morgan fingerprint density at radius 2 is 2.11 bits per heavy atom. The van der Waals surface area contributed by atoms with Crippen LogP contribution in [0.5, 0.6) is 0 Å². The van der Waals surface area contributed by atoms with Gasteiger partial charge >= 0.3 is 0 Å². The standard InChI is InChI=1S/C15H11N2O/c16-15(18)12-5-3-6-13(10-12)17-9-8-11-4-1-2-7-14(11)17/h1,3-10H,(H2,16,18). The SMILES string of the molecule is NC(=O)c1cccc(-n2ccc3cc[c]cc32)c1. The minimum Gasteiger partial charge on any atom is -0.366 e. The van der Waals surface area contributed by atoms with Crippen molar-refractivity contribution in [1.82, 2.24) is 4.57 Å². The number of aromatic nitrogens is 1. The van der Waals surface area contributed by atoms with Crippen molar-refractivity contribution in [3.8, 4) is 5.69 Å². The summed E-state index contributed by atoms with van der Waals surface area (Å²) in [6, 6.07) is 18.2. The van der Waals surface area contributed by atoms with Crippen LogP contribution in [0.15, 0.2) is 54.7 Å². The zero-order valence-corrected chi connectivity index (χ0v) is 9.63. The normalized spacial score (nSPS) is 10.7. The Bertz CT molecular complexity index is 728. The van der Waals surface area contributed by atoms with Crippen molar-refractivity contribution in [2.75, 3.05) is 0 Å². The summed E-state index contributed by atoms with van der Waals surface area (Å²) in [5.41, 5.74) is 7.78. The fourth-order valence-corrected chi connectivity index (χ4v) is 2.05. The van der Waals surface area contributed by atoms with E-state index in [9.17, 15) is 4.79 Å². The number of nitrogens with two attached hydrogens (primary N) is 1. The number of hydrogen-bond donors (Lipinski definition) is 1. The third-order valence-corrected chi connectivity index (χ3v) is 2.95. The maximum Gasteiger partial charge on any atom is 0.248 e. The molecule has 0 aliphatic heterocycles. The van der Waals surface area contributed by atoms with Crippen molar-refractivity contribution in [1.29, 1.82) is 0 Å². The van der Waals surface area contributed by atoms with Gasteiger partial charge in [-0.15, -0.1) is 0 Å². The average Bonchev–Trinajstić information content (AvgIpc) is 2.82. The average molecular weight is 235 g/mol. The Balaban J connectivity index is 2.20. The van der Waals surface area contributed by atoms with Gasteiger partial charge in [-0.25, -0.2) is 0 Å². The summed E-state index contributed by atoms with van der Waals surface area (Å²) in [5.74, 6) is -0.417. The van der Waals surface area contributed by atoms with Crippen molar-refractivity contribution in [2.24, 2.45) is 5.73 Å². The van der Waals surface area contributed by atoms with Crippen molar-refractivity contribution < 1.29 is 4.79 Å². The smallest absolute Gasteiger partial charge is 0.248 e. The highest BCUT2D eigenvalue weighted by Gasteiger charge is 2.05. The van der Waals surface area contributed by atoms with E-state index in [1.807, 2.05) is 47.2 Å². The number of primary amides is 1. The summed E-state index contributed by atoms with van der Waals surface area (Å²) < 4.78 is 2.01. The van der Waals surface area contributed by atoms with Crippen LogP contribution >= 0.6 is 0 Å². The summed E-state index contributed by atoms with van der Waals surface area (Å²) in [7, 11) is 0. The molecule has 0 unspecified atom stereocenters. The molecule has 1 aromatic heterocycles. The number of benzene rings is 2. The number of fused-ring (bicyclic) bond motifs is 1. The molecule has 3 nitrogen and oxygen atoms in total. The van der Waals surface area contributed by atoms with Gasteiger partial charge in [-0.3, -0.25) is 4.79 Å². The van der Waals surface area contributed by atoms with Gasteiger partial charge in [0.05, 0.1) is 5.52 Å². The Morgan fingerprint density at radius 3 is 2.94 bits per heavy atom. The molecule has 0 saturated carbocycles. The van der Waals surface area contributed by atoms with Gasteiger partial charge in [-0.05, 0) is 41.8 Å². The lowest BCUT2D eigenvalue weighted by Gasteiger charge is -2.06. The maximum atomic E-state index is 11.2. The van der Waals surface area contributed by atoms with Crippen LogP contribution in [-0.4, -0.2) is 10.5 Å². The first kappa shape index (κ1) is 10.6. The second-order valence-corrected chi connectivity index (χ2v) is 4.09. The molecule has 3 heteroatoms. The molecule has 87 valence electrons. The molecule has 0 atom stereocenters. The lowest BCUT2D eigenvalue weighted by molar-refractivity contribution is 0.100. The lowest BCUT2D eigenvalue weighted by Crippen LogP contribution is -2.11. The van der Waals surface area contributed by atoms with Gasteiger partial charge in [-0.1, -0.05) is 18.2 Å². The molecule has 3 aromatic rings. The Hall–Kier alpha value is -2.55. The predicted octanol–water partition coefficient (Wildman–Crippen LogP) is 2.53. The van der Waals surface area contributed by atoms with E-state index in [1.165, 1.54) is 0 Å². The lowest BCUT2D eigenvalue weighted by atomic mass is 10.2. The van der Waals surface area contributed by atoms with Gasteiger partial charge in [0.15, 0.2) is 0 Å². The highest BCUT2D eigenvalue weighted by molar-refractivity contribution is 5.93. The molecule has 0 aliphatic rings. The topological polar surface area (TPSA) is 48.0 Å². The number of nitrogens with zero attached hydrogens (tertiary/aromatic N) is 1. The Morgan fingerprint density at radius 1 is 1.22 bits per heavy atom. The predicted molar refractivity (Wildman–Crippen MR) is 70.6 cm³/mol. The fourth-order valence-electron chi connectivity index (χ4n) is 2.05. The van der Waals surface area contributed by atoms with Gasteiger partial charge in [0, 0.05) is 17.4 Å². The van der Waals surface area contributed by atoms with Crippen LogP contribution in [0.3, 0.4) is 0 Å². The van der Waals surface area contributed by atoms with Crippen LogP contribution in [0.2, 0.25) is 0 Å². The molecule has 2 aromatic carbocycles. The number of carbonyl (C=O) groups is 1. The van der Waals surface area contributed by atoms with Crippen molar-refractivity contribution in [3.05, 3.63) is 66.4 Å². The molecule has 18 heavy (non-hydrogen) atoms. The van der Waals surface area contributed by atoms with E-state index in [4.69, 9.17) is 5.73 Å². The van der Waals surface area contributed by atoms with Crippen molar-refractivity contribution in [2.45, 2.75) is 0 Å². The molecule has 1 radical (unpaired) electrons. The minimum atomic E-state index is -0.417. The van der Waals surface area contributed by atoms with Gasteiger partial charge in [0.1, 0.15) is 0 Å². The van der Waals surface area contributed by atoms with Crippen LogP contribution in [-0.2, 0) is 0 Å². The zero-order chi connectivity index (χ0) is 12.5. The summed E-state index contributed by atoms with van der Waals surface area (Å²) in [6.07, 6.45) is 1.97. The number of rotatable bonds is 2. The third-order valence-electron chi connectivity index (χ3n) is 2.95. The molecular formula is C15H11N2O. The quantitative estimate of drug-likeness (QED) is 0.729. The van der Waals surface area contributed by atoms with E-state index >= 15 is 0 Å². The molecule has 1 heterocycles. The van der Waals surface area contributed by atoms with E-state index in [2.05, 4.69) is 6.07 Å². The first-order valence-electron chi connectivity index (χ1n) is 5.63. The van der Waals surface area contributed by atoms with E-state index in [0.717, 1.165) is 16.6 Å². The molecule has 2 N–H and O–H groups in total. The molecule has 3 rings (SSSR count). The monoisotopic (exact) mass is 235 g/mol. The summed E-state index contributed by atoms with van der Waals surface area (Å²) in [5, 5.41) is 1.14. The largest absolute Gasteiger partial charge is 0.366 e. The van der Waals surface area contributed by atoms with Crippen LogP contribution in [0.25, 0.3) is 16.6 Å². The highest BCUT2D eigenvalue weighted by atomic mass is 16.1. The third kappa shape index (κ3) is 1.66. The minimum absolute atomic E-state index is 0.417. The zero-order valence-electron chi connectivity index (χ0n) is 9.63. The highest BCUT2D eigenvalue weighted by Crippen LogP contribution is 2.20. The molecular weight excluding hydrogens is 224 g/mol. The van der Waals surface area contributed by atoms with Crippen LogP contribution in [0.1, 0.15) is 10.4 Å². The van der Waals surface area contributed by atoms with Gasteiger partial charge in [0.25, 0.3) is 0 Å². The molecule has 0 spiro atoms. The molecule has 0 bridgehead atoms. The number of amides is 1. The first-order valence-corrected chi connectivity index (χ1v) is 5.63. The summed E-state index contributed by atoms with van der Waals surface area (Å²) in [6.45, 7) is 0. The fraction of sp³-hybridized carbons (Fsp3) is 0. The van der Waals surface area contributed by atoms with E-state index in [-0.39, 0.29) is 0 Å². The van der Waals surface area contributed by atoms with E-state index in [0.29, 0.717) is 5.56 Å². The Labute approximate surface area is 104 Å². The molecule has 1 amide bonds. The molecule has 0 saturated heterocycles. The second-order valence-electron chi connectivity index (χ2n) is 4.09. The van der Waals surface area contributed by atoms with Crippen LogP contribution in [0, 0.1) is 6.07 Å². The second kappa shape index (κ2) is 4.04. The van der Waals surface area contributed by atoms with Crippen LogP contribution in [0.4, 0.5) is 0 Å². The van der Waals surface area contributed by atoms with Gasteiger partial charge in [-0.2, -0.15) is 0 Å².